The number of fused-ring (bicyclic) bond motifs is 2. The van der Waals surface area contributed by atoms with Crippen LogP contribution in [0.2, 0.25) is 0 Å². The highest BCUT2D eigenvalue weighted by molar-refractivity contribution is 7.86. The molecule has 4 fully saturated rings. The van der Waals surface area contributed by atoms with Gasteiger partial charge in [0.1, 0.15) is 11.9 Å². The maximum absolute atomic E-state index is 13.5. The fourth-order valence-electron chi connectivity index (χ4n) is 7.94. The van der Waals surface area contributed by atoms with E-state index in [0.717, 1.165) is 19.3 Å². The van der Waals surface area contributed by atoms with Crippen molar-refractivity contribution in [3.8, 4) is 0 Å². The van der Waals surface area contributed by atoms with Crippen LogP contribution in [0.25, 0.3) is 0 Å². The maximum atomic E-state index is 13.5. The number of esters is 1. The molecule has 2 bridgehead atoms. The van der Waals surface area contributed by atoms with E-state index in [1.165, 1.54) is 0 Å². The molecule has 0 radical (unpaired) electrons. The number of hydrogen-bond donors (Lipinski definition) is 0. The lowest BCUT2D eigenvalue weighted by molar-refractivity contribution is -0.215. The zero-order chi connectivity index (χ0) is 22.8. The summed E-state index contributed by atoms with van der Waals surface area (Å²) in [6, 6.07) is 0. The van der Waals surface area contributed by atoms with Crippen molar-refractivity contribution in [1.82, 2.24) is 0 Å². The molecule has 0 aromatic rings. The number of rotatable bonds is 3. The second kappa shape index (κ2) is 7.54. The zero-order valence-corrected chi connectivity index (χ0v) is 20.4. The molecule has 0 aromatic heterocycles. The van der Waals surface area contributed by atoms with Crippen LogP contribution in [0.5, 0.6) is 0 Å². The monoisotopic (exact) mass is 454 g/mol. The van der Waals surface area contributed by atoms with Crippen LogP contribution in [0.3, 0.4) is 0 Å². The van der Waals surface area contributed by atoms with Crippen molar-refractivity contribution in [1.29, 1.82) is 0 Å². The van der Waals surface area contributed by atoms with Gasteiger partial charge in [0.25, 0.3) is 10.1 Å². The van der Waals surface area contributed by atoms with Crippen molar-refractivity contribution in [3.05, 3.63) is 0 Å². The standard InChI is InChI=1S/C24H38O6S/c1-6-20(26)29-19-14-22(4,7-2)12-15(3)24-10-8-17(25)21(24)23(19,5)16-9-11-31(27,28)30-18(16)13-24/h15-16,18-19,21H,6-14H2,1-5H3/t15-,16?,18?,19+,21?,22-,23?,24+/m0/s1. The van der Waals surface area contributed by atoms with E-state index in [-0.39, 0.29) is 52.5 Å². The molecule has 4 unspecified atom stereocenters. The van der Waals surface area contributed by atoms with E-state index in [4.69, 9.17) is 8.92 Å². The number of ketones is 1. The largest absolute Gasteiger partial charge is 0.462 e. The third-order valence-electron chi connectivity index (χ3n) is 9.70. The third kappa shape index (κ3) is 3.49. The predicted octanol–water partition coefficient (Wildman–Crippen LogP) is 4.26. The molecule has 0 spiro atoms. The first-order valence-electron chi connectivity index (χ1n) is 12.0. The van der Waals surface area contributed by atoms with Crippen LogP contribution in [-0.4, -0.2) is 38.1 Å². The summed E-state index contributed by atoms with van der Waals surface area (Å²) in [5.74, 6) is -0.0777. The van der Waals surface area contributed by atoms with Crippen molar-refractivity contribution in [2.45, 2.75) is 98.2 Å². The van der Waals surface area contributed by atoms with Crippen LogP contribution < -0.4 is 0 Å². The minimum Gasteiger partial charge on any atom is -0.462 e. The Kier molecular flexibility index (Phi) is 5.65. The van der Waals surface area contributed by atoms with Crippen molar-refractivity contribution >= 4 is 21.9 Å². The molecule has 31 heavy (non-hydrogen) atoms. The second-order valence-electron chi connectivity index (χ2n) is 11.3. The van der Waals surface area contributed by atoms with Crippen LogP contribution in [0, 0.1) is 34.0 Å². The van der Waals surface area contributed by atoms with Gasteiger partial charge in [0.2, 0.25) is 0 Å². The molecule has 1 saturated heterocycles. The van der Waals surface area contributed by atoms with Crippen LogP contribution >= 0.6 is 0 Å². The average Bonchev–Trinajstić information content (AvgIpc) is 3.03. The van der Waals surface area contributed by atoms with Crippen molar-refractivity contribution in [2.24, 2.45) is 34.0 Å². The Hall–Kier alpha value is -0.950. The van der Waals surface area contributed by atoms with E-state index < -0.39 is 27.7 Å². The Labute approximate surface area is 186 Å². The van der Waals surface area contributed by atoms with Crippen LogP contribution in [0.4, 0.5) is 0 Å². The third-order valence-corrected chi connectivity index (χ3v) is 11.0. The summed E-state index contributed by atoms with van der Waals surface area (Å²) in [6.45, 7) is 10.6. The van der Waals surface area contributed by atoms with Crippen molar-refractivity contribution < 1.29 is 26.9 Å². The van der Waals surface area contributed by atoms with Gasteiger partial charge in [0.15, 0.2) is 0 Å². The number of hydrogen-bond acceptors (Lipinski definition) is 6. The van der Waals surface area contributed by atoms with Gasteiger partial charge in [-0.3, -0.25) is 13.8 Å². The Morgan fingerprint density at radius 2 is 1.90 bits per heavy atom. The molecule has 3 aliphatic carbocycles. The average molecular weight is 455 g/mol. The summed E-state index contributed by atoms with van der Waals surface area (Å²) in [4.78, 5) is 26.0. The molecule has 0 N–H and O–H groups in total. The van der Waals surface area contributed by atoms with Crippen LogP contribution in [-0.2, 0) is 28.6 Å². The van der Waals surface area contributed by atoms with E-state index in [9.17, 15) is 18.0 Å². The molecule has 0 aromatic carbocycles. The van der Waals surface area contributed by atoms with Gasteiger partial charge in [-0.2, -0.15) is 8.42 Å². The summed E-state index contributed by atoms with van der Waals surface area (Å²) >= 11 is 0. The topological polar surface area (TPSA) is 86.7 Å². The lowest BCUT2D eigenvalue weighted by Crippen LogP contribution is -2.65. The van der Waals surface area contributed by atoms with Crippen molar-refractivity contribution in [2.75, 3.05) is 5.75 Å². The summed E-state index contributed by atoms with van der Waals surface area (Å²) in [5.41, 5.74) is -0.923. The fourth-order valence-corrected chi connectivity index (χ4v) is 9.16. The molecule has 1 aliphatic heterocycles. The molecule has 0 amide bonds. The molecule has 4 rings (SSSR count). The molecule has 176 valence electrons. The predicted molar refractivity (Wildman–Crippen MR) is 117 cm³/mol. The molecule has 4 aliphatic rings. The van der Waals surface area contributed by atoms with Gasteiger partial charge in [0, 0.05) is 24.2 Å². The van der Waals surface area contributed by atoms with Crippen LogP contribution in [0.15, 0.2) is 0 Å². The molecule has 6 nitrogen and oxygen atoms in total. The highest BCUT2D eigenvalue weighted by Gasteiger charge is 2.70. The van der Waals surface area contributed by atoms with Gasteiger partial charge in [-0.15, -0.1) is 0 Å². The molecule has 1 heterocycles. The summed E-state index contributed by atoms with van der Waals surface area (Å²) in [6.07, 6.45) is 4.40. The summed E-state index contributed by atoms with van der Waals surface area (Å²) in [5, 5.41) is 0. The fraction of sp³-hybridized carbons (Fsp3) is 0.917. The van der Waals surface area contributed by atoms with Crippen LogP contribution in [0.1, 0.15) is 86.0 Å². The zero-order valence-electron chi connectivity index (χ0n) is 19.6. The van der Waals surface area contributed by atoms with Gasteiger partial charge < -0.3 is 4.74 Å². The Morgan fingerprint density at radius 3 is 2.55 bits per heavy atom. The Balaban J connectivity index is 1.91. The number of carbonyl (C=O) groups is 2. The lowest BCUT2D eigenvalue weighted by atomic mass is 9.43. The quantitative estimate of drug-likeness (QED) is 0.468. The summed E-state index contributed by atoms with van der Waals surface area (Å²) < 4.78 is 36.7. The first kappa shape index (κ1) is 23.2. The number of Topliss-reactive ketones (excluding diaryl/α,β-unsaturated/α-hetero) is 1. The van der Waals surface area contributed by atoms with Gasteiger partial charge >= 0.3 is 5.97 Å². The SMILES string of the molecule is CCC(=O)O[C@@H]1C[C@@](C)(CC)C[C@H](C)[C@]23CCC(=O)C2C1(C)C1CCS(=O)(=O)OC1C3. The van der Waals surface area contributed by atoms with E-state index in [1.54, 1.807) is 6.92 Å². The molecular weight excluding hydrogens is 416 g/mol. The number of carbonyl (C=O) groups excluding carboxylic acids is 2. The second-order valence-corrected chi connectivity index (χ2v) is 13.0. The van der Waals surface area contributed by atoms with Gasteiger partial charge in [-0.25, -0.2) is 0 Å². The number of ether oxygens (including phenoxy) is 1. The first-order chi connectivity index (χ1) is 14.4. The normalized spacial score (nSPS) is 48.8. The van der Waals surface area contributed by atoms with Gasteiger partial charge in [0.05, 0.1) is 11.9 Å². The minimum atomic E-state index is -3.56. The highest BCUT2D eigenvalue weighted by atomic mass is 32.2. The Morgan fingerprint density at radius 1 is 1.19 bits per heavy atom. The maximum Gasteiger partial charge on any atom is 0.305 e. The first-order valence-corrected chi connectivity index (χ1v) is 13.6. The Bertz CT molecular complexity index is 867. The molecule has 8 atom stereocenters. The van der Waals surface area contributed by atoms with E-state index in [0.29, 0.717) is 25.7 Å². The van der Waals surface area contributed by atoms with E-state index >= 15 is 0 Å². The molecule has 3 saturated carbocycles. The smallest absolute Gasteiger partial charge is 0.305 e. The highest BCUT2D eigenvalue weighted by Crippen LogP contribution is 2.69. The summed E-state index contributed by atoms with van der Waals surface area (Å²) in [7, 11) is -3.56. The van der Waals surface area contributed by atoms with Gasteiger partial charge in [-0.05, 0) is 54.8 Å². The lowest BCUT2D eigenvalue weighted by Gasteiger charge is -2.63. The molecular formula is C24H38O6S. The van der Waals surface area contributed by atoms with E-state index in [1.807, 2.05) is 0 Å². The molecule has 7 heteroatoms. The van der Waals surface area contributed by atoms with Gasteiger partial charge in [-0.1, -0.05) is 41.0 Å². The minimum absolute atomic E-state index is 0.00257. The van der Waals surface area contributed by atoms with E-state index in [2.05, 4.69) is 27.7 Å². The van der Waals surface area contributed by atoms with Crippen molar-refractivity contribution in [3.63, 3.8) is 0 Å².